The molecule has 0 heterocycles. The molecule has 0 saturated heterocycles. The number of hydrogen-bond donors (Lipinski definition) is 2. The Hall–Kier alpha value is -1.64. The van der Waals surface area contributed by atoms with E-state index in [-0.39, 0.29) is 4.99 Å². The SMILES string of the molecule is Cc1ccc(NC(=S)C(C#N)C(N)=O)cc1Cl. The normalized spacial score (nSPS) is 11.4. The first kappa shape index (κ1) is 13.4. The van der Waals surface area contributed by atoms with E-state index in [0.717, 1.165) is 5.56 Å². The molecular formula is C11H10ClN3OS. The van der Waals surface area contributed by atoms with E-state index in [2.05, 4.69) is 5.32 Å². The molecule has 1 unspecified atom stereocenters. The third kappa shape index (κ3) is 3.41. The summed E-state index contributed by atoms with van der Waals surface area (Å²) in [4.78, 5) is 11.0. The summed E-state index contributed by atoms with van der Waals surface area (Å²) in [7, 11) is 0. The predicted molar refractivity (Wildman–Crippen MR) is 70.7 cm³/mol. The lowest BCUT2D eigenvalue weighted by Crippen LogP contribution is -2.32. The molecule has 0 aliphatic carbocycles. The van der Waals surface area contributed by atoms with Crippen LogP contribution in [0.4, 0.5) is 5.69 Å². The van der Waals surface area contributed by atoms with Gasteiger partial charge in [0.2, 0.25) is 5.91 Å². The van der Waals surface area contributed by atoms with Crippen LogP contribution in [0.1, 0.15) is 5.56 Å². The number of nitrogens with two attached hydrogens (primary N) is 1. The molecule has 0 saturated carbocycles. The number of hydrogen-bond acceptors (Lipinski definition) is 3. The molecule has 1 amide bonds. The highest BCUT2D eigenvalue weighted by atomic mass is 35.5. The molecule has 1 atom stereocenters. The number of carbonyl (C=O) groups is 1. The van der Waals surface area contributed by atoms with Crippen LogP contribution in [0, 0.1) is 24.2 Å². The minimum absolute atomic E-state index is 0.0694. The standard InChI is InChI=1S/C11H10ClN3OS/c1-6-2-3-7(4-9(6)12)15-11(17)8(5-13)10(14)16/h2-4,8H,1H3,(H2,14,16)(H,15,17). The Morgan fingerprint density at radius 2 is 2.29 bits per heavy atom. The Morgan fingerprint density at radius 1 is 1.65 bits per heavy atom. The van der Waals surface area contributed by atoms with Crippen LogP contribution in [0.15, 0.2) is 18.2 Å². The van der Waals surface area contributed by atoms with Crippen LogP contribution in [0.3, 0.4) is 0 Å². The molecule has 0 aliphatic heterocycles. The number of aryl methyl sites for hydroxylation is 1. The van der Waals surface area contributed by atoms with Crippen molar-refractivity contribution in [3.63, 3.8) is 0 Å². The van der Waals surface area contributed by atoms with Crippen molar-refractivity contribution in [3.05, 3.63) is 28.8 Å². The van der Waals surface area contributed by atoms with E-state index in [1.54, 1.807) is 24.3 Å². The lowest BCUT2D eigenvalue weighted by Gasteiger charge is -2.11. The van der Waals surface area contributed by atoms with Crippen molar-refractivity contribution in [1.82, 2.24) is 0 Å². The van der Waals surface area contributed by atoms with Gasteiger partial charge in [0.15, 0.2) is 5.92 Å². The van der Waals surface area contributed by atoms with E-state index in [4.69, 9.17) is 34.8 Å². The molecule has 0 spiro atoms. The second-order valence-corrected chi connectivity index (χ2v) is 4.26. The van der Waals surface area contributed by atoms with Gasteiger partial charge in [-0.25, -0.2) is 0 Å². The van der Waals surface area contributed by atoms with Gasteiger partial charge in [-0.1, -0.05) is 29.9 Å². The van der Waals surface area contributed by atoms with Gasteiger partial charge in [-0.15, -0.1) is 0 Å². The van der Waals surface area contributed by atoms with Crippen LogP contribution < -0.4 is 11.1 Å². The van der Waals surface area contributed by atoms with E-state index in [0.29, 0.717) is 10.7 Å². The van der Waals surface area contributed by atoms with E-state index in [1.807, 2.05) is 6.92 Å². The van der Waals surface area contributed by atoms with Crippen LogP contribution in [0.2, 0.25) is 5.02 Å². The molecular weight excluding hydrogens is 258 g/mol. The van der Waals surface area contributed by atoms with Crippen LogP contribution >= 0.6 is 23.8 Å². The average molecular weight is 268 g/mol. The van der Waals surface area contributed by atoms with Gasteiger partial charge in [-0.3, -0.25) is 4.79 Å². The highest BCUT2D eigenvalue weighted by Gasteiger charge is 2.20. The number of primary amides is 1. The van der Waals surface area contributed by atoms with Gasteiger partial charge in [-0.2, -0.15) is 5.26 Å². The Balaban J connectivity index is 2.85. The first-order chi connectivity index (χ1) is 7.95. The van der Waals surface area contributed by atoms with Gasteiger partial charge < -0.3 is 11.1 Å². The summed E-state index contributed by atoms with van der Waals surface area (Å²) in [6, 6.07) is 6.96. The van der Waals surface area contributed by atoms with Gasteiger partial charge in [0.05, 0.1) is 6.07 Å². The van der Waals surface area contributed by atoms with Crippen molar-refractivity contribution < 1.29 is 4.79 Å². The summed E-state index contributed by atoms with van der Waals surface area (Å²) in [5.41, 5.74) is 6.58. The fourth-order valence-electron chi connectivity index (χ4n) is 1.14. The zero-order valence-electron chi connectivity index (χ0n) is 9.03. The smallest absolute Gasteiger partial charge is 0.241 e. The van der Waals surface area contributed by atoms with Gasteiger partial charge in [-0.05, 0) is 24.6 Å². The van der Waals surface area contributed by atoms with Crippen LogP contribution in [0.25, 0.3) is 0 Å². The van der Waals surface area contributed by atoms with E-state index < -0.39 is 11.8 Å². The first-order valence-corrected chi connectivity index (χ1v) is 5.50. The highest BCUT2D eigenvalue weighted by molar-refractivity contribution is 7.80. The number of anilines is 1. The lowest BCUT2D eigenvalue weighted by molar-refractivity contribution is -0.118. The number of rotatable bonds is 3. The molecule has 0 aromatic heterocycles. The molecule has 1 rings (SSSR count). The first-order valence-electron chi connectivity index (χ1n) is 4.71. The molecule has 17 heavy (non-hydrogen) atoms. The molecule has 0 fully saturated rings. The van der Waals surface area contributed by atoms with Crippen LogP contribution in [0.5, 0.6) is 0 Å². The van der Waals surface area contributed by atoms with Crippen molar-refractivity contribution in [1.29, 1.82) is 5.26 Å². The molecule has 3 N–H and O–H groups in total. The minimum atomic E-state index is -1.13. The second-order valence-electron chi connectivity index (χ2n) is 3.42. The zero-order valence-corrected chi connectivity index (χ0v) is 10.6. The number of amides is 1. The zero-order chi connectivity index (χ0) is 13.0. The maximum Gasteiger partial charge on any atom is 0.241 e. The monoisotopic (exact) mass is 267 g/mol. The summed E-state index contributed by atoms with van der Waals surface area (Å²) in [5.74, 6) is -1.91. The topological polar surface area (TPSA) is 78.9 Å². The molecule has 0 bridgehead atoms. The van der Waals surface area contributed by atoms with Gasteiger partial charge in [0.1, 0.15) is 4.99 Å². The van der Waals surface area contributed by atoms with Crippen molar-refractivity contribution >= 4 is 40.4 Å². The Morgan fingerprint density at radius 3 is 2.76 bits per heavy atom. The quantitative estimate of drug-likeness (QED) is 0.821. The van der Waals surface area contributed by atoms with Crippen molar-refractivity contribution in [2.75, 3.05) is 5.32 Å². The molecule has 0 radical (unpaired) electrons. The number of nitrogens with zero attached hydrogens (tertiary/aromatic N) is 1. The molecule has 6 heteroatoms. The van der Waals surface area contributed by atoms with Gasteiger partial charge in [0, 0.05) is 10.7 Å². The van der Waals surface area contributed by atoms with Crippen molar-refractivity contribution in [2.45, 2.75) is 6.92 Å². The van der Waals surface area contributed by atoms with E-state index in [9.17, 15) is 4.79 Å². The van der Waals surface area contributed by atoms with E-state index in [1.165, 1.54) is 0 Å². The maximum atomic E-state index is 10.9. The fourth-order valence-corrected chi connectivity index (χ4v) is 1.60. The highest BCUT2D eigenvalue weighted by Crippen LogP contribution is 2.20. The summed E-state index contributed by atoms with van der Waals surface area (Å²) in [6.07, 6.45) is 0. The van der Waals surface area contributed by atoms with Crippen LogP contribution in [-0.4, -0.2) is 10.9 Å². The van der Waals surface area contributed by atoms with Crippen molar-refractivity contribution in [2.24, 2.45) is 11.7 Å². The Bertz CT molecular complexity index is 510. The molecule has 88 valence electrons. The fraction of sp³-hybridized carbons (Fsp3) is 0.182. The summed E-state index contributed by atoms with van der Waals surface area (Å²) in [5, 5.41) is 12.1. The molecule has 0 aliphatic rings. The number of carbonyl (C=O) groups excluding carboxylic acids is 1. The maximum absolute atomic E-state index is 10.9. The minimum Gasteiger partial charge on any atom is -0.368 e. The van der Waals surface area contributed by atoms with Crippen LogP contribution in [-0.2, 0) is 4.79 Å². The molecule has 4 nitrogen and oxygen atoms in total. The predicted octanol–water partition coefficient (Wildman–Crippen LogP) is 2.01. The second kappa shape index (κ2) is 5.62. The third-order valence-electron chi connectivity index (χ3n) is 2.12. The summed E-state index contributed by atoms with van der Waals surface area (Å²) in [6.45, 7) is 1.87. The molecule has 1 aromatic rings. The number of nitrogens with one attached hydrogen (secondary N) is 1. The number of halogens is 1. The summed E-state index contributed by atoms with van der Waals surface area (Å²) >= 11 is 10.9. The van der Waals surface area contributed by atoms with E-state index >= 15 is 0 Å². The van der Waals surface area contributed by atoms with Gasteiger partial charge in [0.25, 0.3) is 0 Å². The Labute approximate surface area is 109 Å². The average Bonchev–Trinajstić information content (AvgIpc) is 2.24. The third-order valence-corrected chi connectivity index (χ3v) is 2.86. The summed E-state index contributed by atoms with van der Waals surface area (Å²) < 4.78 is 0. The Kier molecular flexibility index (Phi) is 4.44. The number of nitriles is 1. The molecule has 1 aromatic carbocycles. The largest absolute Gasteiger partial charge is 0.368 e. The number of benzene rings is 1. The lowest BCUT2D eigenvalue weighted by atomic mass is 10.1. The van der Waals surface area contributed by atoms with Gasteiger partial charge >= 0.3 is 0 Å². The number of thiocarbonyl (C=S) groups is 1. The van der Waals surface area contributed by atoms with Crippen molar-refractivity contribution in [3.8, 4) is 6.07 Å².